The molecule has 2 saturated heterocycles. The van der Waals surface area contributed by atoms with Crippen LogP contribution < -0.4 is 15.4 Å². The van der Waals surface area contributed by atoms with Gasteiger partial charge in [-0.05, 0) is 30.7 Å². The summed E-state index contributed by atoms with van der Waals surface area (Å²) in [5, 5.41) is 0. The lowest BCUT2D eigenvalue weighted by molar-refractivity contribution is -0.125. The number of primary amides is 1. The largest absolute Gasteiger partial charge is 0.488 e. The summed E-state index contributed by atoms with van der Waals surface area (Å²) in [6.07, 6.45) is 2.19. The monoisotopic (exact) mass is 289 g/mol. The number of benzene rings is 1. The van der Waals surface area contributed by atoms with Gasteiger partial charge in [0, 0.05) is 25.1 Å². The molecule has 1 radical (unpaired) electrons. The van der Waals surface area contributed by atoms with E-state index >= 15 is 0 Å². The van der Waals surface area contributed by atoms with Crippen LogP contribution in [-0.2, 0) is 14.3 Å². The summed E-state index contributed by atoms with van der Waals surface area (Å²) in [5.41, 5.74) is 6.05. The highest BCUT2D eigenvalue weighted by Gasteiger charge is 2.31. The number of hydrogen-bond acceptors (Lipinski definition) is 4. The average molecular weight is 289 g/mol. The number of carbonyl (C=O) groups is 2. The zero-order valence-corrected chi connectivity index (χ0v) is 11.5. The number of hydrogen-bond donors (Lipinski definition) is 1. The van der Waals surface area contributed by atoms with E-state index < -0.39 is 12.0 Å². The lowest BCUT2D eigenvalue weighted by atomic mass is 10.2. The van der Waals surface area contributed by atoms with Crippen molar-refractivity contribution in [1.29, 1.82) is 0 Å². The van der Waals surface area contributed by atoms with Crippen molar-refractivity contribution in [2.45, 2.75) is 25.0 Å². The molecule has 2 N–H and O–H groups in total. The minimum atomic E-state index is -0.684. The summed E-state index contributed by atoms with van der Waals surface area (Å²) in [6, 6.07) is 7.35. The Bertz CT molecular complexity index is 543. The highest BCUT2D eigenvalue weighted by atomic mass is 16.6. The van der Waals surface area contributed by atoms with E-state index in [0.29, 0.717) is 18.8 Å². The smallest absolute Gasteiger partial charge is 0.247 e. The predicted octanol–water partition coefficient (Wildman–Crippen LogP) is 0.649. The molecule has 1 aromatic rings. The maximum atomic E-state index is 11.7. The number of nitrogens with zero attached hydrogens (tertiary/aromatic N) is 1. The van der Waals surface area contributed by atoms with Gasteiger partial charge in [-0.1, -0.05) is 0 Å². The van der Waals surface area contributed by atoms with E-state index in [1.165, 1.54) is 0 Å². The molecular weight excluding hydrogens is 272 g/mol. The van der Waals surface area contributed by atoms with Gasteiger partial charge in [-0.15, -0.1) is 0 Å². The molecule has 0 bridgehead atoms. The van der Waals surface area contributed by atoms with Gasteiger partial charge in [0.2, 0.25) is 11.8 Å². The van der Waals surface area contributed by atoms with Crippen LogP contribution in [0.15, 0.2) is 24.3 Å². The fourth-order valence-electron chi connectivity index (χ4n) is 2.56. The van der Waals surface area contributed by atoms with Crippen molar-refractivity contribution in [3.05, 3.63) is 30.7 Å². The number of ether oxygens (including phenoxy) is 2. The Kier molecular flexibility index (Phi) is 3.79. The molecule has 2 aliphatic rings. The minimum Gasteiger partial charge on any atom is -0.488 e. The lowest BCUT2D eigenvalue weighted by Gasteiger charge is -2.17. The second-order valence-electron chi connectivity index (χ2n) is 5.15. The lowest BCUT2D eigenvalue weighted by Crippen LogP contribution is -2.28. The van der Waals surface area contributed by atoms with Crippen molar-refractivity contribution in [2.75, 3.05) is 18.1 Å². The third kappa shape index (κ3) is 3.00. The zero-order chi connectivity index (χ0) is 14.8. The third-order valence-corrected chi connectivity index (χ3v) is 3.62. The van der Waals surface area contributed by atoms with E-state index in [2.05, 4.69) is 0 Å². The fraction of sp³-hybridized carbons (Fsp3) is 0.400. The van der Waals surface area contributed by atoms with Gasteiger partial charge in [0.15, 0.2) is 0 Å². The molecule has 2 fully saturated rings. The zero-order valence-electron chi connectivity index (χ0n) is 11.5. The third-order valence-electron chi connectivity index (χ3n) is 3.62. The van der Waals surface area contributed by atoms with Crippen molar-refractivity contribution in [1.82, 2.24) is 0 Å². The van der Waals surface area contributed by atoms with E-state index in [1.54, 1.807) is 11.3 Å². The van der Waals surface area contributed by atoms with E-state index in [-0.39, 0.29) is 12.0 Å². The van der Waals surface area contributed by atoms with Crippen molar-refractivity contribution < 1.29 is 19.1 Å². The molecule has 111 valence electrons. The molecule has 0 aliphatic carbocycles. The predicted molar refractivity (Wildman–Crippen MR) is 75.7 cm³/mol. The van der Waals surface area contributed by atoms with E-state index in [9.17, 15) is 9.59 Å². The van der Waals surface area contributed by atoms with Gasteiger partial charge < -0.3 is 20.1 Å². The molecular formula is C15H17N2O4. The van der Waals surface area contributed by atoms with Crippen LogP contribution in [0.5, 0.6) is 5.75 Å². The van der Waals surface area contributed by atoms with Gasteiger partial charge >= 0.3 is 0 Å². The normalized spacial score (nSPS) is 25.3. The topological polar surface area (TPSA) is 81.9 Å². The molecule has 3 rings (SSSR count). The summed E-state index contributed by atoms with van der Waals surface area (Å²) < 4.78 is 10.9. The summed E-state index contributed by atoms with van der Waals surface area (Å²) in [4.78, 5) is 24.4. The van der Waals surface area contributed by atoms with Gasteiger partial charge in [0.25, 0.3) is 0 Å². The minimum absolute atomic E-state index is 0.158. The first-order valence-electron chi connectivity index (χ1n) is 6.96. The number of amides is 2. The molecule has 0 spiro atoms. The fourth-order valence-corrected chi connectivity index (χ4v) is 2.56. The summed E-state index contributed by atoms with van der Waals surface area (Å²) >= 11 is 0. The van der Waals surface area contributed by atoms with Crippen LogP contribution >= 0.6 is 0 Å². The van der Waals surface area contributed by atoms with Crippen molar-refractivity contribution in [3.8, 4) is 5.75 Å². The van der Waals surface area contributed by atoms with Crippen LogP contribution in [0.1, 0.15) is 12.8 Å². The van der Waals surface area contributed by atoms with Crippen LogP contribution in [0.4, 0.5) is 5.69 Å². The average Bonchev–Trinajstić information content (AvgIpc) is 3.09. The van der Waals surface area contributed by atoms with E-state index in [1.807, 2.05) is 24.3 Å². The van der Waals surface area contributed by atoms with Gasteiger partial charge in [-0.2, -0.15) is 0 Å². The van der Waals surface area contributed by atoms with Gasteiger partial charge in [0.05, 0.1) is 6.61 Å². The summed E-state index contributed by atoms with van der Waals surface area (Å²) in [5.74, 6) is 0.315. The second-order valence-corrected chi connectivity index (χ2v) is 5.15. The first-order chi connectivity index (χ1) is 10.1. The van der Waals surface area contributed by atoms with Gasteiger partial charge in [0.1, 0.15) is 18.0 Å². The van der Waals surface area contributed by atoms with E-state index in [0.717, 1.165) is 18.7 Å². The Morgan fingerprint density at radius 2 is 2.10 bits per heavy atom. The van der Waals surface area contributed by atoms with Crippen molar-refractivity contribution in [3.63, 3.8) is 0 Å². The molecule has 2 heterocycles. The Morgan fingerprint density at radius 1 is 1.33 bits per heavy atom. The Labute approximate surface area is 122 Å². The summed E-state index contributed by atoms with van der Waals surface area (Å²) in [6.45, 7) is 1.07. The van der Waals surface area contributed by atoms with Crippen molar-refractivity contribution >= 4 is 17.5 Å². The molecule has 6 nitrogen and oxygen atoms in total. The molecule has 2 atom stereocenters. The van der Waals surface area contributed by atoms with Crippen LogP contribution in [0.2, 0.25) is 0 Å². The summed E-state index contributed by atoms with van der Waals surface area (Å²) in [7, 11) is 0. The maximum absolute atomic E-state index is 11.7. The van der Waals surface area contributed by atoms with Gasteiger partial charge in [-0.3, -0.25) is 9.59 Å². The Balaban J connectivity index is 1.60. The van der Waals surface area contributed by atoms with Crippen LogP contribution in [-0.4, -0.2) is 37.2 Å². The van der Waals surface area contributed by atoms with Crippen molar-refractivity contribution in [2.24, 2.45) is 5.73 Å². The number of anilines is 1. The van der Waals surface area contributed by atoms with Crippen LogP contribution in [0.3, 0.4) is 0 Å². The van der Waals surface area contributed by atoms with Crippen LogP contribution in [0.25, 0.3) is 0 Å². The second kappa shape index (κ2) is 5.73. The standard InChI is InChI=1S/C15H17N2O4/c16-15(19)13-8-12(9-20-13)21-11-5-3-10(4-6-11)17-7-1-2-14(17)18/h3-6,8,12-13H,1-2,7,9H2,(H2,16,19). The quantitative estimate of drug-likeness (QED) is 0.882. The molecule has 0 saturated carbocycles. The molecule has 2 aliphatic heterocycles. The Hall–Kier alpha value is -2.08. The van der Waals surface area contributed by atoms with Gasteiger partial charge in [-0.25, -0.2) is 0 Å². The molecule has 2 unspecified atom stereocenters. The first kappa shape index (κ1) is 13.9. The highest BCUT2D eigenvalue weighted by Crippen LogP contribution is 2.25. The SMILES string of the molecule is NC(=O)C1[CH]C(Oc2ccc(N3CCCC3=O)cc2)CO1. The number of rotatable bonds is 4. The van der Waals surface area contributed by atoms with Crippen LogP contribution in [0, 0.1) is 6.42 Å². The maximum Gasteiger partial charge on any atom is 0.247 e. The highest BCUT2D eigenvalue weighted by molar-refractivity contribution is 5.95. The van der Waals surface area contributed by atoms with E-state index in [4.69, 9.17) is 15.2 Å². The molecule has 1 aromatic carbocycles. The molecule has 21 heavy (non-hydrogen) atoms. The molecule has 2 amide bonds. The first-order valence-corrected chi connectivity index (χ1v) is 6.96. The molecule has 6 heteroatoms. The number of carbonyl (C=O) groups excluding carboxylic acids is 2. The Morgan fingerprint density at radius 3 is 2.67 bits per heavy atom. The number of nitrogens with two attached hydrogens (primary N) is 1. The molecule has 0 aromatic heterocycles.